The molecule has 1 aromatic rings. The van der Waals surface area contributed by atoms with E-state index in [1.807, 2.05) is 46.8 Å². The standard InChI is InChI=1S/C19H28O4/c1-18(2,3)23-17(20)10-13-8-7-9-14-12-22-16(11-15(13)14)19(4,5)21-6/h7-9,16H,10-12H2,1-6H3. The van der Waals surface area contributed by atoms with Gasteiger partial charge in [0.2, 0.25) is 0 Å². The number of carbonyl (C=O) groups excluding carboxylic acids is 1. The van der Waals surface area contributed by atoms with E-state index >= 15 is 0 Å². The maximum Gasteiger partial charge on any atom is 0.310 e. The molecule has 4 nitrogen and oxygen atoms in total. The molecule has 1 aliphatic rings. The lowest BCUT2D eigenvalue weighted by Gasteiger charge is -2.37. The molecule has 128 valence electrons. The van der Waals surface area contributed by atoms with Gasteiger partial charge in [0, 0.05) is 13.5 Å². The summed E-state index contributed by atoms with van der Waals surface area (Å²) in [6.07, 6.45) is 1.01. The molecule has 23 heavy (non-hydrogen) atoms. The van der Waals surface area contributed by atoms with Crippen LogP contribution in [-0.2, 0) is 38.5 Å². The van der Waals surface area contributed by atoms with Crippen LogP contribution in [0.4, 0.5) is 0 Å². The van der Waals surface area contributed by atoms with Crippen LogP contribution in [-0.4, -0.2) is 30.4 Å². The van der Waals surface area contributed by atoms with Gasteiger partial charge in [-0.15, -0.1) is 0 Å². The lowest BCUT2D eigenvalue weighted by atomic mass is 9.87. The molecule has 0 aliphatic carbocycles. The van der Waals surface area contributed by atoms with Crippen molar-refractivity contribution in [3.63, 3.8) is 0 Å². The van der Waals surface area contributed by atoms with Gasteiger partial charge in [0.15, 0.2) is 0 Å². The van der Waals surface area contributed by atoms with Crippen LogP contribution in [0.5, 0.6) is 0 Å². The molecule has 0 amide bonds. The zero-order valence-electron chi connectivity index (χ0n) is 15.1. The Morgan fingerprint density at radius 3 is 2.57 bits per heavy atom. The maximum atomic E-state index is 12.2. The molecule has 0 saturated carbocycles. The molecule has 1 atom stereocenters. The Bertz CT molecular complexity index is 569. The van der Waals surface area contributed by atoms with Crippen molar-refractivity contribution in [1.82, 2.24) is 0 Å². The van der Waals surface area contributed by atoms with Gasteiger partial charge < -0.3 is 14.2 Å². The first-order valence-electron chi connectivity index (χ1n) is 8.10. The van der Waals surface area contributed by atoms with Crippen molar-refractivity contribution in [2.45, 2.75) is 71.4 Å². The highest BCUT2D eigenvalue weighted by molar-refractivity contribution is 5.73. The van der Waals surface area contributed by atoms with E-state index in [1.54, 1.807) is 7.11 Å². The fourth-order valence-corrected chi connectivity index (χ4v) is 2.80. The van der Waals surface area contributed by atoms with Crippen LogP contribution >= 0.6 is 0 Å². The van der Waals surface area contributed by atoms with Crippen molar-refractivity contribution in [2.75, 3.05) is 7.11 Å². The van der Waals surface area contributed by atoms with Crippen LogP contribution in [0.1, 0.15) is 51.3 Å². The van der Waals surface area contributed by atoms with E-state index in [2.05, 4.69) is 6.07 Å². The molecule has 0 radical (unpaired) electrons. The van der Waals surface area contributed by atoms with Crippen LogP contribution in [0.25, 0.3) is 0 Å². The van der Waals surface area contributed by atoms with Gasteiger partial charge in [-0.1, -0.05) is 18.2 Å². The van der Waals surface area contributed by atoms with Gasteiger partial charge in [0.1, 0.15) is 5.60 Å². The van der Waals surface area contributed by atoms with Crippen molar-refractivity contribution < 1.29 is 19.0 Å². The van der Waals surface area contributed by atoms with E-state index < -0.39 is 5.60 Å². The number of benzene rings is 1. The number of fused-ring (bicyclic) bond motifs is 1. The SMILES string of the molecule is COC(C)(C)C1Cc2c(cccc2CC(=O)OC(C)(C)C)CO1. The molecular weight excluding hydrogens is 292 g/mol. The molecule has 0 fully saturated rings. The summed E-state index contributed by atoms with van der Waals surface area (Å²) in [6.45, 7) is 10.3. The summed E-state index contributed by atoms with van der Waals surface area (Å²) in [7, 11) is 1.70. The van der Waals surface area contributed by atoms with Crippen LogP contribution in [0, 0.1) is 0 Å². The Kier molecular flexibility index (Phi) is 5.17. The smallest absolute Gasteiger partial charge is 0.310 e. The van der Waals surface area contributed by atoms with E-state index in [4.69, 9.17) is 14.2 Å². The molecule has 4 heteroatoms. The minimum absolute atomic E-state index is 0.0280. The molecule has 0 saturated heterocycles. The molecular formula is C19H28O4. The predicted molar refractivity (Wildman–Crippen MR) is 89.4 cm³/mol. The third kappa shape index (κ3) is 4.55. The van der Waals surface area contributed by atoms with E-state index in [1.165, 1.54) is 5.56 Å². The van der Waals surface area contributed by atoms with E-state index in [0.717, 1.165) is 17.5 Å². The predicted octanol–water partition coefficient (Wildman–Crippen LogP) is 3.44. The summed E-state index contributed by atoms with van der Waals surface area (Å²) in [5, 5.41) is 0. The van der Waals surface area contributed by atoms with Crippen LogP contribution in [0.3, 0.4) is 0 Å². The van der Waals surface area contributed by atoms with Crippen molar-refractivity contribution in [3.8, 4) is 0 Å². The number of esters is 1. The Morgan fingerprint density at radius 2 is 1.96 bits per heavy atom. The van der Waals surface area contributed by atoms with Crippen molar-refractivity contribution >= 4 is 5.97 Å². The molecule has 0 spiro atoms. The van der Waals surface area contributed by atoms with Crippen molar-refractivity contribution in [1.29, 1.82) is 0 Å². The quantitative estimate of drug-likeness (QED) is 0.797. The molecule has 1 unspecified atom stereocenters. The first-order chi connectivity index (χ1) is 10.6. The number of methoxy groups -OCH3 is 1. The van der Waals surface area contributed by atoms with Crippen LogP contribution < -0.4 is 0 Å². The highest BCUT2D eigenvalue weighted by Gasteiger charge is 2.34. The number of hydrogen-bond donors (Lipinski definition) is 0. The van der Waals surface area contributed by atoms with Crippen LogP contribution in [0.2, 0.25) is 0 Å². The van der Waals surface area contributed by atoms with Gasteiger partial charge in [-0.25, -0.2) is 0 Å². The summed E-state index contributed by atoms with van der Waals surface area (Å²) in [5.74, 6) is -0.194. The third-order valence-corrected chi connectivity index (χ3v) is 4.26. The molecule has 1 aliphatic heterocycles. The Morgan fingerprint density at radius 1 is 1.26 bits per heavy atom. The van der Waals surface area contributed by atoms with Crippen LogP contribution in [0.15, 0.2) is 18.2 Å². The summed E-state index contributed by atoms with van der Waals surface area (Å²) < 4.78 is 17.0. The average molecular weight is 320 g/mol. The average Bonchev–Trinajstić information content (AvgIpc) is 2.45. The summed E-state index contributed by atoms with van der Waals surface area (Å²) in [6, 6.07) is 6.04. The van der Waals surface area contributed by atoms with E-state index in [0.29, 0.717) is 13.0 Å². The third-order valence-electron chi connectivity index (χ3n) is 4.26. The topological polar surface area (TPSA) is 44.8 Å². The number of hydrogen-bond acceptors (Lipinski definition) is 4. The van der Waals surface area contributed by atoms with Gasteiger partial charge >= 0.3 is 5.97 Å². The first-order valence-corrected chi connectivity index (χ1v) is 8.10. The Labute approximate surface area is 139 Å². The number of rotatable bonds is 4. The van der Waals surface area contributed by atoms with Crippen molar-refractivity contribution in [2.24, 2.45) is 0 Å². The molecule has 1 heterocycles. The van der Waals surface area contributed by atoms with Gasteiger partial charge in [-0.05, 0) is 51.3 Å². The second kappa shape index (κ2) is 6.62. The van der Waals surface area contributed by atoms with Gasteiger partial charge in [-0.3, -0.25) is 4.79 Å². The molecule has 1 aromatic carbocycles. The largest absolute Gasteiger partial charge is 0.460 e. The normalized spacial score (nSPS) is 18.4. The highest BCUT2D eigenvalue weighted by atomic mass is 16.6. The zero-order valence-corrected chi connectivity index (χ0v) is 15.1. The number of ether oxygens (including phenoxy) is 3. The van der Waals surface area contributed by atoms with Gasteiger partial charge in [-0.2, -0.15) is 0 Å². The Balaban J connectivity index is 2.20. The fraction of sp³-hybridized carbons (Fsp3) is 0.632. The minimum Gasteiger partial charge on any atom is -0.460 e. The van der Waals surface area contributed by atoms with Crippen molar-refractivity contribution in [3.05, 3.63) is 34.9 Å². The lowest BCUT2D eigenvalue weighted by Crippen LogP contribution is -2.43. The maximum absolute atomic E-state index is 12.2. The molecule has 0 aromatic heterocycles. The fourth-order valence-electron chi connectivity index (χ4n) is 2.80. The van der Waals surface area contributed by atoms with Gasteiger partial charge in [0.25, 0.3) is 0 Å². The molecule has 0 bridgehead atoms. The highest BCUT2D eigenvalue weighted by Crippen LogP contribution is 2.31. The minimum atomic E-state index is -0.463. The number of carbonyl (C=O) groups is 1. The second-order valence-corrected chi connectivity index (χ2v) is 7.63. The summed E-state index contributed by atoms with van der Waals surface area (Å²) >= 11 is 0. The summed E-state index contributed by atoms with van der Waals surface area (Å²) in [4.78, 5) is 12.2. The van der Waals surface area contributed by atoms with E-state index in [-0.39, 0.29) is 17.7 Å². The van der Waals surface area contributed by atoms with E-state index in [9.17, 15) is 4.79 Å². The molecule has 2 rings (SSSR count). The summed E-state index contributed by atoms with van der Waals surface area (Å²) in [5.41, 5.74) is 2.54. The second-order valence-electron chi connectivity index (χ2n) is 7.63. The monoisotopic (exact) mass is 320 g/mol. The molecule has 0 N–H and O–H groups in total. The lowest BCUT2D eigenvalue weighted by molar-refractivity contribution is -0.153. The first kappa shape index (κ1) is 18.0. The van der Waals surface area contributed by atoms with Gasteiger partial charge in [0.05, 0.1) is 24.7 Å². The zero-order chi connectivity index (χ0) is 17.3. The Hall–Kier alpha value is -1.39.